The van der Waals surface area contributed by atoms with Crippen molar-refractivity contribution in [3.8, 4) is 0 Å². The smallest absolute Gasteiger partial charge is 0.168 e. The average molecular weight is 228 g/mol. The van der Waals surface area contributed by atoms with E-state index in [9.17, 15) is 4.79 Å². The maximum Gasteiger partial charge on any atom is 0.168 e. The molecule has 0 fully saturated rings. The Hall–Kier alpha value is -0.860. The number of carbonyl (C=O) groups excluding carboxylic acids is 1. The van der Waals surface area contributed by atoms with Crippen molar-refractivity contribution in [2.24, 2.45) is 11.1 Å². The number of rotatable bonds is 2. The standard InChI is InChI=1S/C12H17NO.ClH/c1-12(2,3)11(14)10-6-4-9(8-13)5-7-10;/h4-7H,8,13H2,1-3H3;1H. The van der Waals surface area contributed by atoms with E-state index < -0.39 is 0 Å². The molecule has 0 aliphatic carbocycles. The first kappa shape index (κ1) is 14.1. The molecule has 0 radical (unpaired) electrons. The molecule has 0 unspecified atom stereocenters. The van der Waals surface area contributed by atoms with Gasteiger partial charge in [0.15, 0.2) is 5.78 Å². The van der Waals surface area contributed by atoms with Gasteiger partial charge in [0.05, 0.1) is 0 Å². The second kappa shape index (κ2) is 5.29. The van der Waals surface area contributed by atoms with Crippen LogP contribution in [0.1, 0.15) is 36.7 Å². The Kier molecular flexibility index (Phi) is 4.98. The van der Waals surface area contributed by atoms with Crippen molar-refractivity contribution >= 4 is 18.2 Å². The van der Waals surface area contributed by atoms with Crippen LogP contribution in [0.2, 0.25) is 0 Å². The quantitative estimate of drug-likeness (QED) is 0.790. The number of nitrogens with two attached hydrogens (primary N) is 1. The summed E-state index contributed by atoms with van der Waals surface area (Å²) in [5.41, 5.74) is 6.97. The van der Waals surface area contributed by atoms with Crippen molar-refractivity contribution in [1.82, 2.24) is 0 Å². The van der Waals surface area contributed by atoms with Gasteiger partial charge >= 0.3 is 0 Å². The molecule has 0 aromatic heterocycles. The molecule has 3 heteroatoms. The van der Waals surface area contributed by atoms with E-state index in [4.69, 9.17) is 5.73 Å². The number of carbonyl (C=O) groups is 1. The van der Waals surface area contributed by atoms with Gasteiger partial charge in [0.2, 0.25) is 0 Å². The van der Waals surface area contributed by atoms with Crippen LogP contribution in [-0.2, 0) is 6.54 Å². The van der Waals surface area contributed by atoms with Crippen LogP contribution in [0, 0.1) is 5.41 Å². The Bertz CT molecular complexity index is 324. The maximum atomic E-state index is 11.8. The topological polar surface area (TPSA) is 43.1 Å². The first-order valence-electron chi connectivity index (χ1n) is 4.79. The monoisotopic (exact) mass is 227 g/mol. The molecule has 15 heavy (non-hydrogen) atoms. The Morgan fingerprint density at radius 1 is 1.20 bits per heavy atom. The van der Waals surface area contributed by atoms with Crippen molar-refractivity contribution < 1.29 is 4.79 Å². The minimum absolute atomic E-state index is 0. The van der Waals surface area contributed by atoms with Crippen LogP contribution in [0.5, 0.6) is 0 Å². The van der Waals surface area contributed by atoms with Gasteiger partial charge in [0.1, 0.15) is 0 Å². The molecule has 0 bridgehead atoms. The summed E-state index contributed by atoms with van der Waals surface area (Å²) in [5.74, 6) is 0.168. The van der Waals surface area contributed by atoms with E-state index in [2.05, 4.69) is 0 Å². The van der Waals surface area contributed by atoms with Gasteiger partial charge in [-0.3, -0.25) is 4.79 Å². The summed E-state index contributed by atoms with van der Waals surface area (Å²) in [7, 11) is 0. The number of benzene rings is 1. The molecule has 1 aromatic rings. The van der Waals surface area contributed by atoms with Gasteiger partial charge in [-0.25, -0.2) is 0 Å². The summed E-state index contributed by atoms with van der Waals surface area (Å²) in [6.07, 6.45) is 0. The van der Waals surface area contributed by atoms with Gasteiger partial charge in [0.25, 0.3) is 0 Å². The predicted octanol–water partition coefficient (Wildman–Crippen LogP) is 2.80. The molecule has 0 aliphatic rings. The highest BCUT2D eigenvalue weighted by Crippen LogP contribution is 2.20. The predicted molar refractivity (Wildman–Crippen MR) is 65.4 cm³/mol. The zero-order chi connectivity index (χ0) is 10.8. The molecule has 2 nitrogen and oxygen atoms in total. The molecule has 1 aromatic carbocycles. The summed E-state index contributed by atoms with van der Waals surface area (Å²) in [5, 5.41) is 0. The fraction of sp³-hybridized carbons (Fsp3) is 0.417. The normalized spacial score (nSPS) is 10.7. The molecule has 0 aliphatic heterocycles. The molecule has 1 rings (SSSR count). The van der Waals surface area contributed by atoms with Crippen molar-refractivity contribution in [3.63, 3.8) is 0 Å². The second-order valence-electron chi connectivity index (χ2n) is 4.48. The van der Waals surface area contributed by atoms with Gasteiger partial charge in [-0.05, 0) is 5.56 Å². The van der Waals surface area contributed by atoms with E-state index in [0.717, 1.165) is 11.1 Å². The molecule has 0 atom stereocenters. The van der Waals surface area contributed by atoms with E-state index in [-0.39, 0.29) is 23.6 Å². The molecule has 0 amide bonds. The largest absolute Gasteiger partial charge is 0.326 e. The molecule has 0 heterocycles. The highest BCUT2D eigenvalue weighted by molar-refractivity contribution is 5.99. The third-order valence-corrected chi connectivity index (χ3v) is 2.13. The van der Waals surface area contributed by atoms with Gasteiger partial charge < -0.3 is 5.73 Å². The van der Waals surface area contributed by atoms with Crippen LogP contribution in [0.25, 0.3) is 0 Å². The summed E-state index contributed by atoms with van der Waals surface area (Å²) in [6.45, 7) is 6.29. The second-order valence-corrected chi connectivity index (χ2v) is 4.48. The lowest BCUT2D eigenvalue weighted by Gasteiger charge is -2.16. The van der Waals surface area contributed by atoms with Crippen LogP contribution < -0.4 is 5.73 Å². The van der Waals surface area contributed by atoms with Crippen molar-refractivity contribution in [2.75, 3.05) is 0 Å². The minimum atomic E-state index is -0.315. The van der Waals surface area contributed by atoms with E-state index >= 15 is 0 Å². The lowest BCUT2D eigenvalue weighted by atomic mass is 9.86. The zero-order valence-corrected chi connectivity index (χ0v) is 10.2. The molecular formula is C12H18ClNO. The van der Waals surface area contributed by atoms with E-state index in [0.29, 0.717) is 6.54 Å². The summed E-state index contributed by atoms with van der Waals surface area (Å²) >= 11 is 0. The van der Waals surface area contributed by atoms with E-state index in [1.807, 2.05) is 45.0 Å². The lowest BCUT2D eigenvalue weighted by molar-refractivity contribution is 0.0858. The number of hydrogen-bond donors (Lipinski definition) is 1. The van der Waals surface area contributed by atoms with Crippen molar-refractivity contribution in [2.45, 2.75) is 27.3 Å². The lowest BCUT2D eigenvalue weighted by Crippen LogP contribution is -2.20. The Labute approximate surface area is 97.3 Å². The molecule has 0 saturated carbocycles. The number of Topliss-reactive ketones (excluding diaryl/α,β-unsaturated/α-hetero) is 1. The molecule has 84 valence electrons. The highest BCUT2D eigenvalue weighted by atomic mass is 35.5. The number of hydrogen-bond acceptors (Lipinski definition) is 2. The minimum Gasteiger partial charge on any atom is -0.326 e. The Morgan fingerprint density at radius 2 is 1.67 bits per heavy atom. The van der Waals surface area contributed by atoms with Crippen LogP contribution in [0.15, 0.2) is 24.3 Å². The molecule has 2 N–H and O–H groups in total. The van der Waals surface area contributed by atoms with Gasteiger partial charge in [-0.1, -0.05) is 45.0 Å². The Balaban J connectivity index is 0.00000196. The zero-order valence-electron chi connectivity index (χ0n) is 9.41. The average Bonchev–Trinajstić information content (AvgIpc) is 2.15. The van der Waals surface area contributed by atoms with E-state index in [1.54, 1.807) is 0 Å². The van der Waals surface area contributed by atoms with Gasteiger partial charge in [-0.15, -0.1) is 12.4 Å². The summed E-state index contributed by atoms with van der Waals surface area (Å²) in [6, 6.07) is 7.49. The SMILES string of the molecule is CC(C)(C)C(=O)c1ccc(CN)cc1.Cl. The summed E-state index contributed by atoms with van der Waals surface area (Å²) in [4.78, 5) is 11.8. The first-order valence-corrected chi connectivity index (χ1v) is 4.79. The third kappa shape index (κ3) is 3.65. The molecule has 0 saturated heterocycles. The molecule has 0 spiro atoms. The fourth-order valence-corrected chi connectivity index (χ4v) is 1.23. The third-order valence-electron chi connectivity index (χ3n) is 2.13. The van der Waals surface area contributed by atoms with E-state index in [1.165, 1.54) is 0 Å². The van der Waals surface area contributed by atoms with Gasteiger partial charge in [-0.2, -0.15) is 0 Å². The number of halogens is 1. The van der Waals surface area contributed by atoms with Crippen molar-refractivity contribution in [1.29, 1.82) is 0 Å². The maximum absolute atomic E-state index is 11.8. The van der Waals surface area contributed by atoms with Crippen LogP contribution >= 0.6 is 12.4 Å². The highest BCUT2D eigenvalue weighted by Gasteiger charge is 2.22. The van der Waals surface area contributed by atoms with Crippen LogP contribution in [0.4, 0.5) is 0 Å². The van der Waals surface area contributed by atoms with Crippen LogP contribution in [0.3, 0.4) is 0 Å². The fourth-order valence-electron chi connectivity index (χ4n) is 1.23. The van der Waals surface area contributed by atoms with Crippen LogP contribution in [-0.4, -0.2) is 5.78 Å². The van der Waals surface area contributed by atoms with Crippen molar-refractivity contribution in [3.05, 3.63) is 35.4 Å². The first-order chi connectivity index (χ1) is 6.45. The molecular weight excluding hydrogens is 210 g/mol. The number of ketones is 1. The Morgan fingerprint density at radius 3 is 2.00 bits per heavy atom. The summed E-state index contributed by atoms with van der Waals surface area (Å²) < 4.78 is 0. The van der Waals surface area contributed by atoms with Gasteiger partial charge in [0, 0.05) is 17.5 Å².